The summed E-state index contributed by atoms with van der Waals surface area (Å²) in [5, 5.41) is 7.53. The second kappa shape index (κ2) is 17.9. The summed E-state index contributed by atoms with van der Waals surface area (Å²) in [6.45, 7) is 9.02. The first-order valence-electron chi connectivity index (χ1n) is 24.7. The monoisotopic (exact) mass is 907 g/mol. The molecular weight excluding hydrogens is 855 g/mol. The highest BCUT2D eigenvalue weighted by Crippen LogP contribution is 2.57. The van der Waals surface area contributed by atoms with Crippen LogP contribution in [-0.2, 0) is 10.8 Å². The topological polar surface area (TPSA) is 3.24 Å². The minimum atomic E-state index is -0.577. The molecule has 0 aromatic heterocycles. The van der Waals surface area contributed by atoms with Gasteiger partial charge in [0.25, 0.3) is 0 Å². The van der Waals surface area contributed by atoms with Gasteiger partial charge in [-0.2, -0.15) is 0 Å². The molecule has 12 rings (SSSR count). The molecule has 0 saturated carbocycles. The van der Waals surface area contributed by atoms with Gasteiger partial charge in [0.15, 0.2) is 0 Å². The van der Waals surface area contributed by atoms with Gasteiger partial charge < -0.3 is 4.90 Å². The van der Waals surface area contributed by atoms with E-state index in [0.717, 1.165) is 22.6 Å². The van der Waals surface area contributed by atoms with E-state index in [1.54, 1.807) is 0 Å². The third-order valence-corrected chi connectivity index (χ3v) is 15.2. The summed E-state index contributed by atoms with van der Waals surface area (Å²) >= 11 is 0. The largest absolute Gasteiger partial charge is 0.314 e. The summed E-state index contributed by atoms with van der Waals surface area (Å²) in [6, 6.07) is 93.4. The molecule has 0 amide bonds. The van der Waals surface area contributed by atoms with Gasteiger partial charge in [0.1, 0.15) is 0 Å². The molecule has 0 saturated heterocycles. The molecule has 0 bridgehead atoms. The van der Waals surface area contributed by atoms with Gasteiger partial charge >= 0.3 is 0 Å². The van der Waals surface area contributed by atoms with Crippen LogP contribution in [0.25, 0.3) is 49.0 Å². The molecule has 11 aromatic carbocycles. The van der Waals surface area contributed by atoms with Crippen LogP contribution in [0, 0.1) is 0 Å². The van der Waals surface area contributed by atoms with Crippen LogP contribution in [0.2, 0.25) is 0 Å². The van der Waals surface area contributed by atoms with Crippen LogP contribution in [0.1, 0.15) is 58.4 Å². The second-order valence-corrected chi connectivity index (χ2v) is 18.9. The van der Waals surface area contributed by atoms with E-state index in [1.807, 2.05) is 0 Å². The Morgan fingerprint density at radius 2 is 0.859 bits per heavy atom. The lowest BCUT2D eigenvalue weighted by molar-refractivity contribution is 0.768. The van der Waals surface area contributed by atoms with Crippen molar-refractivity contribution in [2.45, 2.75) is 24.7 Å². The maximum atomic E-state index is 4.53. The molecule has 0 aliphatic heterocycles. The summed E-state index contributed by atoms with van der Waals surface area (Å²) in [5.74, 6) is 0. The molecule has 0 heterocycles. The quantitative estimate of drug-likeness (QED) is 0.0541. The molecule has 0 radical (unpaired) electrons. The van der Waals surface area contributed by atoms with Crippen LogP contribution >= 0.6 is 0 Å². The summed E-state index contributed by atoms with van der Waals surface area (Å²) < 4.78 is 0. The minimum absolute atomic E-state index is 0.487. The molecule has 0 atom stereocenters. The number of allylic oxidation sites excluding steroid dienone is 5. The SMILES string of the molecule is C=CC(c1ccccc1)(c1ccccc1)c1ccccc1/C(C)=C/C=C(\C)N(c1ccc2c(c1)-c1ccccc1C2(c1ccccc1)c1ccccc1)c1ccc2c3ccccc3c3ccccc3c2c1. The zero-order valence-electron chi connectivity index (χ0n) is 40.1. The molecule has 1 aliphatic carbocycles. The maximum Gasteiger partial charge on any atom is 0.0713 e. The van der Waals surface area contributed by atoms with E-state index in [4.69, 9.17) is 0 Å². The lowest BCUT2D eigenvalue weighted by Crippen LogP contribution is -2.28. The second-order valence-electron chi connectivity index (χ2n) is 18.9. The standard InChI is InChI=1S/C70H53N/c1-4-69(51-25-9-5-10-26-51,52-27-11-6-12-28-52)66-39-23-21-33-57(66)49(2)41-42-50(3)71(55-43-45-62-60-36-18-17-34-58(60)59-35-19-20-37-61(59)64(62)47-55)56-44-46-68-65(48-56)63-38-22-24-40-67(63)70(68,53-29-13-7-14-30-53)54-31-15-8-16-32-54/h4-48H,1H2,2-3H3/b49-41+,50-42+. The smallest absolute Gasteiger partial charge is 0.0713 e. The van der Waals surface area contributed by atoms with E-state index in [2.05, 4.69) is 298 Å². The number of hydrogen-bond donors (Lipinski definition) is 0. The van der Waals surface area contributed by atoms with E-state index in [-0.39, 0.29) is 0 Å². The fourth-order valence-corrected chi connectivity index (χ4v) is 12.0. The normalized spacial score (nSPS) is 13.3. The molecule has 0 spiro atoms. The predicted octanol–water partition coefficient (Wildman–Crippen LogP) is 18.2. The lowest BCUT2D eigenvalue weighted by atomic mass is 9.67. The van der Waals surface area contributed by atoms with Crippen LogP contribution in [0.4, 0.5) is 11.4 Å². The lowest BCUT2D eigenvalue weighted by Gasteiger charge is -2.35. The van der Waals surface area contributed by atoms with Crippen LogP contribution < -0.4 is 4.90 Å². The maximum absolute atomic E-state index is 4.53. The first-order chi connectivity index (χ1) is 35.0. The number of fused-ring (bicyclic) bond motifs is 9. The summed E-state index contributed by atoms with van der Waals surface area (Å²) in [6.07, 6.45) is 6.72. The van der Waals surface area contributed by atoms with Crippen molar-refractivity contribution in [1.29, 1.82) is 0 Å². The van der Waals surface area contributed by atoms with Crippen molar-refractivity contribution in [3.63, 3.8) is 0 Å². The van der Waals surface area contributed by atoms with Crippen molar-refractivity contribution in [2.24, 2.45) is 0 Å². The zero-order valence-corrected chi connectivity index (χ0v) is 40.1. The van der Waals surface area contributed by atoms with Crippen LogP contribution in [0.5, 0.6) is 0 Å². The molecule has 1 aliphatic rings. The summed E-state index contributed by atoms with van der Waals surface area (Å²) in [7, 11) is 0. The average Bonchev–Trinajstić information content (AvgIpc) is 3.74. The number of benzene rings is 11. The number of nitrogens with zero attached hydrogens (tertiary/aromatic N) is 1. The van der Waals surface area contributed by atoms with Crippen LogP contribution in [0.15, 0.2) is 285 Å². The Hall–Kier alpha value is -8.78. The Balaban J connectivity index is 1.07. The third kappa shape index (κ3) is 6.99. The van der Waals surface area contributed by atoms with E-state index in [0.29, 0.717) is 0 Å². The van der Waals surface area contributed by atoms with Crippen LogP contribution in [0.3, 0.4) is 0 Å². The summed E-state index contributed by atoms with van der Waals surface area (Å²) in [5.41, 5.74) is 15.7. The zero-order chi connectivity index (χ0) is 47.9. The van der Waals surface area contributed by atoms with E-state index >= 15 is 0 Å². The van der Waals surface area contributed by atoms with E-state index in [1.165, 1.54) is 88.0 Å². The predicted molar refractivity (Wildman–Crippen MR) is 302 cm³/mol. The minimum Gasteiger partial charge on any atom is -0.314 e. The van der Waals surface area contributed by atoms with Gasteiger partial charge in [-0.05, 0) is 138 Å². The van der Waals surface area contributed by atoms with Crippen molar-refractivity contribution in [2.75, 3.05) is 4.90 Å². The molecular formula is C70H53N. The van der Waals surface area contributed by atoms with Gasteiger partial charge in [-0.1, -0.05) is 243 Å². The van der Waals surface area contributed by atoms with Crippen molar-refractivity contribution in [3.05, 3.63) is 330 Å². The Bertz CT molecular complexity index is 3730. The number of rotatable bonds is 11. The molecule has 0 N–H and O–H groups in total. The van der Waals surface area contributed by atoms with Gasteiger partial charge in [-0.25, -0.2) is 0 Å². The van der Waals surface area contributed by atoms with E-state index in [9.17, 15) is 0 Å². The first kappa shape index (κ1) is 43.5. The van der Waals surface area contributed by atoms with Gasteiger partial charge in [-0.15, -0.1) is 6.58 Å². The van der Waals surface area contributed by atoms with E-state index < -0.39 is 10.8 Å². The van der Waals surface area contributed by atoms with Crippen molar-refractivity contribution in [3.8, 4) is 11.1 Å². The van der Waals surface area contributed by atoms with Crippen molar-refractivity contribution >= 4 is 49.3 Å². The third-order valence-electron chi connectivity index (χ3n) is 15.2. The van der Waals surface area contributed by atoms with Gasteiger partial charge in [0.05, 0.1) is 10.8 Å². The highest BCUT2D eigenvalue weighted by Gasteiger charge is 2.46. The number of hydrogen-bond acceptors (Lipinski definition) is 1. The highest BCUT2D eigenvalue weighted by molar-refractivity contribution is 6.25. The first-order valence-corrected chi connectivity index (χ1v) is 24.7. The molecule has 11 aromatic rings. The average molecular weight is 908 g/mol. The van der Waals surface area contributed by atoms with Crippen LogP contribution in [-0.4, -0.2) is 0 Å². The molecule has 1 heteroatoms. The molecule has 0 unspecified atom stereocenters. The number of anilines is 2. The van der Waals surface area contributed by atoms with Crippen molar-refractivity contribution in [1.82, 2.24) is 0 Å². The Morgan fingerprint density at radius 1 is 0.408 bits per heavy atom. The molecule has 0 fully saturated rings. The molecule has 71 heavy (non-hydrogen) atoms. The Labute approximate surface area is 417 Å². The highest BCUT2D eigenvalue weighted by atomic mass is 15.1. The fraction of sp³-hybridized carbons (Fsp3) is 0.0571. The van der Waals surface area contributed by atoms with Gasteiger partial charge in [0.2, 0.25) is 0 Å². The van der Waals surface area contributed by atoms with Gasteiger partial charge in [0, 0.05) is 17.1 Å². The fourth-order valence-electron chi connectivity index (χ4n) is 12.0. The Morgan fingerprint density at radius 3 is 1.45 bits per heavy atom. The molecule has 1 nitrogen and oxygen atoms in total. The molecule has 338 valence electrons. The van der Waals surface area contributed by atoms with Gasteiger partial charge in [-0.3, -0.25) is 0 Å². The summed E-state index contributed by atoms with van der Waals surface area (Å²) in [4.78, 5) is 2.45. The Kier molecular flexibility index (Phi) is 11.0. The van der Waals surface area contributed by atoms with Crippen molar-refractivity contribution < 1.29 is 0 Å².